The molecule has 12 heavy (non-hydrogen) atoms. The van der Waals surface area contributed by atoms with Crippen molar-refractivity contribution in [2.75, 3.05) is 0 Å². The average Bonchev–Trinajstić information content (AvgIpc) is 2.39. The number of fused-ring (bicyclic) bond motifs is 1. The van der Waals surface area contributed by atoms with Gasteiger partial charge in [0.2, 0.25) is 0 Å². The van der Waals surface area contributed by atoms with E-state index in [1.54, 1.807) is 6.07 Å². The summed E-state index contributed by atoms with van der Waals surface area (Å²) < 4.78 is 13.9. The second-order valence-electron chi connectivity index (χ2n) is 3.17. The van der Waals surface area contributed by atoms with Crippen LogP contribution in [0.4, 0.5) is 4.39 Å². The Labute approximate surface area is 78.9 Å². The van der Waals surface area contributed by atoms with Gasteiger partial charge in [0, 0.05) is 6.04 Å². The van der Waals surface area contributed by atoms with Gasteiger partial charge in [0.05, 0.1) is 4.47 Å². The highest BCUT2D eigenvalue weighted by Gasteiger charge is 2.22. The molecule has 0 fully saturated rings. The summed E-state index contributed by atoms with van der Waals surface area (Å²) >= 11 is 3.15. The molecule has 1 aromatic rings. The zero-order valence-corrected chi connectivity index (χ0v) is 8.07. The van der Waals surface area contributed by atoms with Crippen molar-refractivity contribution in [1.82, 2.24) is 0 Å². The molecule has 0 heterocycles. The Morgan fingerprint density at radius 2 is 2.17 bits per heavy atom. The van der Waals surface area contributed by atoms with E-state index in [1.807, 2.05) is 6.07 Å². The van der Waals surface area contributed by atoms with Crippen molar-refractivity contribution in [3.05, 3.63) is 33.5 Å². The van der Waals surface area contributed by atoms with Gasteiger partial charge in [-0.1, -0.05) is 6.07 Å². The van der Waals surface area contributed by atoms with Crippen LogP contribution in [0, 0.1) is 5.82 Å². The molecule has 0 radical (unpaired) electrons. The molecule has 1 nitrogen and oxygen atoms in total. The maximum Gasteiger partial charge on any atom is 0.140 e. The quantitative estimate of drug-likeness (QED) is 0.724. The highest BCUT2D eigenvalue weighted by Crippen LogP contribution is 2.28. The van der Waals surface area contributed by atoms with Crippen LogP contribution in [0.1, 0.15) is 11.1 Å². The first-order valence-corrected chi connectivity index (χ1v) is 4.69. The van der Waals surface area contributed by atoms with Crippen molar-refractivity contribution >= 4 is 15.9 Å². The minimum atomic E-state index is -0.138. The van der Waals surface area contributed by atoms with Gasteiger partial charge in [0.1, 0.15) is 5.82 Å². The lowest BCUT2D eigenvalue weighted by molar-refractivity contribution is 0.600. The first-order valence-electron chi connectivity index (χ1n) is 3.90. The van der Waals surface area contributed by atoms with Crippen molar-refractivity contribution in [3.8, 4) is 0 Å². The fraction of sp³-hybridized carbons (Fsp3) is 0.333. The third-order valence-corrected chi connectivity index (χ3v) is 2.85. The van der Waals surface area contributed by atoms with Crippen LogP contribution in [0.15, 0.2) is 16.6 Å². The molecular formula is C9H9BrFN. The molecule has 3 heteroatoms. The number of benzene rings is 1. The van der Waals surface area contributed by atoms with E-state index in [-0.39, 0.29) is 11.9 Å². The van der Waals surface area contributed by atoms with Crippen molar-refractivity contribution in [2.45, 2.75) is 18.9 Å². The summed E-state index contributed by atoms with van der Waals surface area (Å²) in [7, 11) is 0. The van der Waals surface area contributed by atoms with Gasteiger partial charge in [-0.3, -0.25) is 0 Å². The smallest absolute Gasteiger partial charge is 0.140 e. The molecule has 1 aromatic carbocycles. The normalized spacial score (nSPS) is 21.1. The lowest BCUT2D eigenvalue weighted by Gasteiger charge is -2.01. The Kier molecular flexibility index (Phi) is 1.93. The lowest BCUT2D eigenvalue weighted by atomic mass is 10.1. The van der Waals surface area contributed by atoms with Crippen molar-refractivity contribution < 1.29 is 4.39 Å². The van der Waals surface area contributed by atoms with Gasteiger partial charge in [-0.15, -0.1) is 0 Å². The number of rotatable bonds is 0. The summed E-state index contributed by atoms with van der Waals surface area (Å²) in [6, 6.07) is 3.78. The van der Waals surface area contributed by atoms with E-state index in [0.29, 0.717) is 10.9 Å². The predicted molar refractivity (Wildman–Crippen MR) is 49.5 cm³/mol. The molecule has 1 aliphatic carbocycles. The Hall–Kier alpha value is -0.410. The molecular weight excluding hydrogens is 221 g/mol. The molecule has 64 valence electrons. The van der Waals surface area contributed by atoms with E-state index in [4.69, 9.17) is 5.73 Å². The van der Waals surface area contributed by atoms with Crippen LogP contribution >= 0.6 is 15.9 Å². The Morgan fingerprint density at radius 3 is 2.92 bits per heavy atom. The van der Waals surface area contributed by atoms with E-state index in [1.165, 1.54) is 0 Å². The predicted octanol–water partition coefficient (Wildman–Crippen LogP) is 2.01. The number of hydrogen-bond donors (Lipinski definition) is 1. The third-order valence-electron chi connectivity index (χ3n) is 2.24. The largest absolute Gasteiger partial charge is 0.327 e. The van der Waals surface area contributed by atoms with Gasteiger partial charge < -0.3 is 5.73 Å². The fourth-order valence-corrected chi connectivity index (χ4v) is 2.03. The van der Waals surface area contributed by atoms with Crippen molar-refractivity contribution in [2.24, 2.45) is 5.73 Å². The highest BCUT2D eigenvalue weighted by molar-refractivity contribution is 9.10. The average molecular weight is 230 g/mol. The first kappa shape index (κ1) is 8.20. The molecule has 0 saturated heterocycles. The Morgan fingerprint density at radius 1 is 1.42 bits per heavy atom. The molecule has 0 amide bonds. The van der Waals surface area contributed by atoms with E-state index in [0.717, 1.165) is 17.5 Å². The second kappa shape index (κ2) is 2.82. The van der Waals surface area contributed by atoms with Crippen molar-refractivity contribution in [1.29, 1.82) is 0 Å². The zero-order valence-electron chi connectivity index (χ0n) is 6.48. The molecule has 0 spiro atoms. The van der Waals surface area contributed by atoms with Gasteiger partial charge >= 0.3 is 0 Å². The summed E-state index contributed by atoms with van der Waals surface area (Å²) in [5, 5.41) is 0. The summed E-state index contributed by atoms with van der Waals surface area (Å²) in [4.78, 5) is 0. The van der Waals surface area contributed by atoms with Crippen LogP contribution in [0.5, 0.6) is 0 Å². The van der Waals surface area contributed by atoms with E-state index >= 15 is 0 Å². The molecule has 1 aliphatic rings. The van der Waals surface area contributed by atoms with Gasteiger partial charge in [0.25, 0.3) is 0 Å². The molecule has 1 unspecified atom stereocenters. The van der Waals surface area contributed by atoms with Gasteiger partial charge in [-0.05, 0) is 46.0 Å². The van der Waals surface area contributed by atoms with Gasteiger partial charge in [-0.25, -0.2) is 4.39 Å². The molecule has 0 bridgehead atoms. The monoisotopic (exact) mass is 229 g/mol. The first-order chi connectivity index (χ1) is 5.68. The molecule has 2 N–H and O–H groups in total. The number of halogens is 2. The Bertz CT molecular complexity index is 325. The van der Waals surface area contributed by atoms with Crippen LogP contribution in [-0.4, -0.2) is 6.04 Å². The summed E-state index contributed by atoms with van der Waals surface area (Å²) in [5.41, 5.74) is 7.57. The fourth-order valence-electron chi connectivity index (χ4n) is 1.66. The van der Waals surface area contributed by atoms with Gasteiger partial charge in [-0.2, -0.15) is 0 Å². The lowest BCUT2D eigenvalue weighted by Crippen LogP contribution is -2.19. The SMILES string of the molecule is NC1Cc2ccc(Br)c(F)c2C1. The third kappa shape index (κ3) is 1.17. The molecule has 0 saturated carbocycles. The maximum absolute atomic E-state index is 13.4. The van der Waals surface area contributed by atoms with E-state index < -0.39 is 0 Å². The minimum absolute atomic E-state index is 0.101. The van der Waals surface area contributed by atoms with Crippen LogP contribution in [0.3, 0.4) is 0 Å². The Balaban J connectivity index is 2.54. The van der Waals surface area contributed by atoms with E-state index in [9.17, 15) is 4.39 Å². The molecule has 1 atom stereocenters. The zero-order chi connectivity index (χ0) is 8.72. The topological polar surface area (TPSA) is 26.0 Å². The van der Waals surface area contributed by atoms with Crippen LogP contribution in [0.25, 0.3) is 0 Å². The molecule has 0 aliphatic heterocycles. The highest BCUT2D eigenvalue weighted by atomic mass is 79.9. The van der Waals surface area contributed by atoms with Crippen LogP contribution in [0.2, 0.25) is 0 Å². The number of hydrogen-bond acceptors (Lipinski definition) is 1. The molecule has 0 aromatic heterocycles. The molecule has 2 rings (SSSR count). The van der Waals surface area contributed by atoms with Crippen LogP contribution < -0.4 is 5.73 Å². The van der Waals surface area contributed by atoms with Crippen LogP contribution in [-0.2, 0) is 12.8 Å². The van der Waals surface area contributed by atoms with Crippen molar-refractivity contribution in [3.63, 3.8) is 0 Å². The summed E-state index contributed by atoms with van der Waals surface area (Å²) in [6.07, 6.45) is 1.47. The second-order valence-corrected chi connectivity index (χ2v) is 4.02. The standard InChI is InChI=1S/C9H9BrFN/c10-8-2-1-5-3-6(12)4-7(5)9(8)11/h1-2,6H,3-4,12H2. The number of nitrogens with two attached hydrogens (primary N) is 1. The summed E-state index contributed by atoms with van der Waals surface area (Å²) in [5.74, 6) is -0.138. The minimum Gasteiger partial charge on any atom is -0.327 e. The summed E-state index contributed by atoms with van der Waals surface area (Å²) in [6.45, 7) is 0. The van der Waals surface area contributed by atoms with E-state index in [2.05, 4.69) is 15.9 Å². The van der Waals surface area contributed by atoms with Gasteiger partial charge in [0.15, 0.2) is 0 Å². The maximum atomic E-state index is 13.4.